The summed E-state index contributed by atoms with van der Waals surface area (Å²) < 4.78 is 5.13. The summed E-state index contributed by atoms with van der Waals surface area (Å²) in [5, 5.41) is 0. The highest BCUT2D eigenvalue weighted by molar-refractivity contribution is 5.72. The molecule has 1 saturated heterocycles. The predicted octanol–water partition coefficient (Wildman–Crippen LogP) is 2.20. The Labute approximate surface area is 98.1 Å². The van der Waals surface area contributed by atoms with Crippen LogP contribution < -0.4 is 0 Å². The van der Waals surface area contributed by atoms with Crippen molar-refractivity contribution in [2.45, 2.75) is 51.5 Å². The van der Waals surface area contributed by atoms with Crippen LogP contribution >= 0.6 is 0 Å². The van der Waals surface area contributed by atoms with Crippen molar-refractivity contribution in [3.05, 3.63) is 0 Å². The smallest absolute Gasteiger partial charge is 0.310 e. The molecule has 2 rings (SSSR count). The first-order chi connectivity index (χ1) is 7.81. The molecule has 1 aliphatic carbocycles. The van der Waals surface area contributed by atoms with Crippen LogP contribution in [0.4, 0.5) is 0 Å². The van der Waals surface area contributed by atoms with Crippen molar-refractivity contribution in [1.82, 2.24) is 4.90 Å². The number of likely N-dealkylation sites (tertiary alicyclic amines) is 1. The largest absolute Gasteiger partial charge is 0.466 e. The van der Waals surface area contributed by atoms with Gasteiger partial charge in [0.15, 0.2) is 0 Å². The molecular weight excluding hydrogens is 202 g/mol. The normalized spacial score (nSPS) is 28.2. The number of rotatable bonds is 3. The lowest BCUT2D eigenvalue weighted by atomic mass is 9.96. The highest BCUT2D eigenvalue weighted by Gasteiger charge is 2.31. The fourth-order valence-electron chi connectivity index (χ4n) is 3.06. The van der Waals surface area contributed by atoms with Crippen LogP contribution in [-0.2, 0) is 9.53 Å². The van der Waals surface area contributed by atoms with Gasteiger partial charge in [-0.3, -0.25) is 9.69 Å². The average molecular weight is 225 g/mol. The number of esters is 1. The van der Waals surface area contributed by atoms with E-state index in [2.05, 4.69) is 4.90 Å². The molecule has 3 heteroatoms. The second kappa shape index (κ2) is 5.67. The Balaban J connectivity index is 1.85. The standard InChI is InChI=1S/C13H23NO2/c1-2-16-13(15)11-6-5-9-14(10-11)12-7-3-4-8-12/h11-12H,2-10H2,1H3. The van der Waals surface area contributed by atoms with Gasteiger partial charge in [-0.05, 0) is 39.2 Å². The molecule has 2 fully saturated rings. The minimum atomic E-state index is 0.0187. The predicted molar refractivity (Wildman–Crippen MR) is 63.2 cm³/mol. The Morgan fingerprint density at radius 3 is 2.69 bits per heavy atom. The van der Waals surface area contributed by atoms with E-state index >= 15 is 0 Å². The number of carbonyl (C=O) groups is 1. The summed E-state index contributed by atoms with van der Waals surface area (Å²) in [6.45, 7) is 4.51. The van der Waals surface area contributed by atoms with Crippen molar-refractivity contribution >= 4 is 5.97 Å². The molecule has 0 amide bonds. The molecule has 1 aliphatic heterocycles. The molecule has 92 valence electrons. The van der Waals surface area contributed by atoms with Crippen molar-refractivity contribution in [3.63, 3.8) is 0 Å². The van der Waals surface area contributed by atoms with Gasteiger partial charge in [0.2, 0.25) is 0 Å². The summed E-state index contributed by atoms with van der Waals surface area (Å²) in [6, 6.07) is 0.747. The molecule has 1 unspecified atom stereocenters. The molecule has 2 aliphatic rings. The maximum Gasteiger partial charge on any atom is 0.310 e. The monoisotopic (exact) mass is 225 g/mol. The third-order valence-electron chi connectivity index (χ3n) is 3.91. The first kappa shape index (κ1) is 11.9. The molecule has 1 saturated carbocycles. The molecule has 0 N–H and O–H groups in total. The van der Waals surface area contributed by atoms with E-state index in [0.29, 0.717) is 6.61 Å². The Kier molecular flexibility index (Phi) is 4.22. The number of hydrogen-bond donors (Lipinski definition) is 0. The van der Waals surface area contributed by atoms with Gasteiger partial charge in [-0.15, -0.1) is 0 Å². The van der Waals surface area contributed by atoms with Crippen LogP contribution in [0.15, 0.2) is 0 Å². The Morgan fingerprint density at radius 2 is 2.00 bits per heavy atom. The number of hydrogen-bond acceptors (Lipinski definition) is 3. The van der Waals surface area contributed by atoms with E-state index in [1.807, 2.05) is 6.92 Å². The topological polar surface area (TPSA) is 29.5 Å². The van der Waals surface area contributed by atoms with Crippen LogP contribution in [0.2, 0.25) is 0 Å². The lowest BCUT2D eigenvalue weighted by molar-refractivity contribution is -0.150. The van der Waals surface area contributed by atoms with Gasteiger partial charge in [0.25, 0.3) is 0 Å². The van der Waals surface area contributed by atoms with Crippen LogP contribution in [0.1, 0.15) is 45.4 Å². The van der Waals surface area contributed by atoms with Crippen molar-refractivity contribution < 1.29 is 9.53 Å². The van der Waals surface area contributed by atoms with E-state index in [9.17, 15) is 4.79 Å². The lowest BCUT2D eigenvalue weighted by Crippen LogP contribution is -2.44. The lowest BCUT2D eigenvalue weighted by Gasteiger charge is -2.35. The van der Waals surface area contributed by atoms with Gasteiger partial charge in [-0.25, -0.2) is 0 Å². The van der Waals surface area contributed by atoms with E-state index in [1.165, 1.54) is 32.2 Å². The summed E-state index contributed by atoms with van der Waals surface area (Å²) in [6.07, 6.45) is 7.56. The summed E-state index contributed by atoms with van der Waals surface area (Å²) >= 11 is 0. The van der Waals surface area contributed by atoms with Gasteiger partial charge in [0.05, 0.1) is 12.5 Å². The number of ether oxygens (including phenoxy) is 1. The van der Waals surface area contributed by atoms with Crippen LogP contribution in [0.25, 0.3) is 0 Å². The number of carbonyl (C=O) groups excluding carboxylic acids is 1. The summed E-state index contributed by atoms with van der Waals surface area (Å²) in [4.78, 5) is 14.2. The van der Waals surface area contributed by atoms with Crippen molar-refractivity contribution in [3.8, 4) is 0 Å². The van der Waals surface area contributed by atoms with Gasteiger partial charge in [-0.1, -0.05) is 12.8 Å². The molecule has 0 aromatic carbocycles. The average Bonchev–Trinajstić information content (AvgIpc) is 2.83. The van der Waals surface area contributed by atoms with E-state index in [1.54, 1.807) is 0 Å². The summed E-state index contributed by atoms with van der Waals surface area (Å²) in [5.41, 5.74) is 0. The molecule has 1 atom stereocenters. The maximum atomic E-state index is 11.7. The summed E-state index contributed by atoms with van der Waals surface area (Å²) in [7, 11) is 0. The number of piperidine rings is 1. The minimum Gasteiger partial charge on any atom is -0.466 e. The van der Waals surface area contributed by atoms with Gasteiger partial charge < -0.3 is 4.74 Å². The third kappa shape index (κ3) is 2.76. The molecule has 1 heterocycles. The quantitative estimate of drug-likeness (QED) is 0.690. The van der Waals surface area contributed by atoms with Crippen LogP contribution in [0.3, 0.4) is 0 Å². The zero-order chi connectivity index (χ0) is 11.4. The fourth-order valence-corrected chi connectivity index (χ4v) is 3.06. The minimum absolute atomic E-state index is 0.0187. The molecule has 3 nitrogen and oxygen atoms in total. The molecule has 0 spiro atoms. The molecule has 0 aromatic heterocycles. The molecule has 0 radical (unpaired) electrons. The van der Waals surface area contributed by atoms with Gasteiger partial charge in [-0.2, -0.15) is 0 Å². The Hall–Kier alpha value is -0.570. The van der Waals surface area contributed by atoms with Crippen molar-refractivity contribution in [2.24, 2.45) is 5.92 Å². The zero-order valence-corrected chi connectivity index (χ0v) is 10.3. The first-order valence-corrected chi connectivity index (χ1v) is 6.72. The SMILES string of the molecule is CCOC(=O)C1CCCN(C2CCCC2)C1. The Bertz CT molecular complexity index is 236. The highest BCUT2D eigenvalue weighted by atomic mass is 16.5. The second-order valence-electron chi connectivity index (χ2n) is 5.02. The maximum absolute atomic E-state index is 11.7. The van der Waals surface area contributed by atoms with Gasteiger partial charge in [0, 0.05) is 12.6 Å². The zero-order valence-electron chi connectivity index (χ0n) is 10.3. The van der Waals surface area contributed by atoms with E-state index in [-0.39, 0.29) is 11.9 Å². The molecule has 0 aromatic rings. The molecule has 16 heavy (non-hydrogen) atoms. The Morgan fingerprint density at radius 1 is 1.25 bits per heavy atom. The fraction of sp³-hybridized carbons (Fsp3) is 0.923. The van der Waals surface area contributed by atoms with Crippen LogP contribution in [0, 0.1) is 5.92 Å². The number of nitrogens with zero attached hydrogens (tertiary/aromatic N) is 1. The van der Waals surface area contributed by atoms with Crippen molar-refractivity contribution in [1.29, 1.82) is 0 Å². The second-order valence-corrected chi connectivity index (χ2v) is 5.02. The van der Waals surface area contributed by atoms with Crippen LogP contribution in [-0.4, -0.2) is 36.6 Å². The van der Waals surface area contributed by atoms with Gasteiger partial charge in [0.1, 0.15) is 0 Å². The van der Waals surface area contributed by atoms with E-state index in [0.717, 1.165) is 25.4 Å². The summed E-state index contributed by atoms with van der Waals surface area (Å²) in [5.74, 6) is 0.152. The molecular formula is C13H23NO2. The van der Waals surface area contributed by atoms with Crippen molar-refractivity contribution in [2.75, 3.05) is 19.7 Å². The highest BCUT2D eigenvalue weighted by Crippen LogP contribution is 2.28. The third-order valence-corrected chi connectivity index (χ3v) is 3.91. The molecule has 0 bridgehead atoms. The van der Waals surface area contributed by atoms with Gasteiger partial charge >= 0.3 is 5.97 Å². The van der Waals surface area contributed by atoms with E-state index in [4.69, 9.17) is 4.74 Å². The van der Waals surface area contributed by atoms with Crippen LogP contribution in [0.5, 0.6) is 0 Å². The van der Waals surface area contributed by atoms with E-state index < -0.39 is 0 Å². The first-order valence-electron chi connectivity index (χ1n) is 6.72.